The highest BCUT2D eigenvalue weighted by Gasteiger charge is 2.21. The zero-order chi connectivity index (χ0) is 15.5. The highest BCUT2D eigenvalue weighted by atomic mass is 19.1. The average molecular weight is 298 g/mol. The summed E-state index contributed by atoms with van der Waals surface area (Å²) in [5.74, 6) is 0.621. The minimum absolute atomic E-state index is 0.268. The van der Waals surface area contributed by atoms with Crippen LogP contribution in [0.4, 0.5) is 15.9 Å². The minimum Gasteiger partial charge on any atom is -0.396 e. The fraction of sp³-hybridized carbons (Fsp3) is 0.353. The summed E-state index contributed by atoms with van der Waals surface area (Å²) in [4.78, 5) is 2.24. The molecule has 0 radical (unpaired) electrons. The normalized spacial score (nSPS) is 14.8. The summed E-state index contributed by atoms with van der Waals surface area (Å²) < 4.78 is 15.3. The molecule has 0 bridgehead atoms. The molecule has 0 amide bonds. The van der Waals surface area contributed by atoms with Gasteiger partial charge in [-0.1, -0.05) is 12.1 Å². The van der Waals surface area contributed by atoms with E-state index in [1.807, 2.05) is 10.6 Å². The van der Waals surface area contributed by atoms with Gasteiger partial charge in [-0.25, -0.2) is 4.39 Å². The zero-order valence-electron chi connectivity index (χ0n) is 12.4. The zero-order valence-corrected chi connectivity index (χ0v) is 12.4. The lowest BCUT2D eigenvalue weighted by Crippen LogP contribution is -2.32. The van der Waals surface area contributed by atoms with E-state index in [4.69, 9.17) is 5.73 Å². The molecule has 114 valence electrons. The van der Waals surface area contributed by atoms with E-state index >= 15 is 0 Å². The third-order valence-electron chi connectivity index (χ3n) is 4.10. The topological polar surface area (TPSA) is 58.0 Å². The quantitative estimate of drug-likeness (QED) is 0.947. The Hall–Kier alpha value is -2.48. The van der Waals surface area contributed by atoms with Crippen LogP contribution < -0.4 is 10.6 Å². The number of rotatable bonds is 3. The van der Waals surface area contributed by atoms with Crippen LogP contribution in [0.2, 0.25) is 0 Å². The van der Waals surface area contributed by atoms with Gasteiger partial charge in [0.2, 0.25) is 0 Å². The molecular formula is C17H19FN4. The summed E-state index contributed by atoms with van der Waals surface area (Å²) >= 11 is 0. The Morgan fingerprint density at radius 1 is 1.18 bits per heavy atom. The predicted octanol–water partition coefficient (Wildman–Crippen LogP) is 3.12. The third-order valence-corrected chi connectivity index (χ3v) is 4.10. The van der Waals surface area contributed by atoms with Crippen LogP contribution in [-0.4, -0.2) is 17.7 Å². The van der Waals surface area contributed by atoms with Gasteiger partial charge in [0.05, 0.1) is 12.2 Å². The number of nitriles is 1. The number of halogens is 1. The van der Waals surface area contributed by atoms with Gasteiger partial charge in [-0.05, 0) is 43.0 Å². The molecule has 1 aliphatic rings. The minimum atomic E-state index is -0.268. The first-order valence-electron chi connectivity index (χ1n) is 7.57. The summed E-state index contributed by atoms with van der Waals surface area (Å²) in [7, 11) is 0. The first-order valence-corrected chi connectivity index (χ1v) is 7.57. The molecule has 4 nitrogen and oxygen atoms in total. The van der Waals surface area contributed by atoms with Crippen LogP contribution in [0.25, 0.3) is 0 Å². The van der Waals surface area contributed by atoms with Gasteiger partial charge < -0.3 is 15.2 Å². The molecule has 0 unspecified atom stereocenters. The third kappa shape index (κ3) is 2.77. The van der Waals surface area contributed by atoms with Gasteiger partial charge in [0.1, 0.15) is 23.4 Å². The summed E-state index contributed by atoms with van der Waals surface area (Å²) in [5, 5.41) is 9.37. The standard InChI is InChI=1S/C17H19FN4/c18-14-6-4-5-13(9-14)12-22-15(11-19)10-16(20)17(22)21-7-2-1-3-8-21/h4-6,9-10H,1-3,7-8,12,20H2. The van der Waals surface area contributed by atoms with Gasteiger partial charge in [-0.3, -0.25) is 0 Å². The molecule has 1 aliphatic heterocycles. The molecule has 1 fully saturated rings. The number of piperidine rings is 1. The van der Waals surface area contributed by atoms with Crippen LogP contribution in [0.1, 0.15) is 30.5 Å². The molecule has 3 rings (SSSR count). The van der Waals surface area contributed by atoms with Gasteiger partial charge >= 0.3 is 0 Å². The average Bonchev–Trinajstić information content (AvgIpc) is 2.84. The number of nitrogens with zero attached hydrogens (tertiary/aromatic N) is 3. The van der Waals surface area contributed by atoms with Crippen LogP contribution in [-0.2, 0) is 6.54 Å². The summed E-state index contributed by atoms with van der Waals surface area (Å²) in [6.45, 7) is 2.34. The Labute approximate surface area is 129 Å². The van der Waals surface area contributed by atoms with Crippen molar-refractivity contribution in [1.29, 1.82) is 5.26 Å². The summed E-state index contributed by atoms with van der Waals surface area (Å²) in [6.07, 6.45) is 3.49. The summed E-state index contributed by atoms with van der Waals surface area (Å²) in [6, 6.07) is 10.4. The molecule has 1 aromatic carbocycles. The van der Waals surface area contributed by atoms with E-state index < -0.39 is 0 Å². The van der Waals surface area contributed by atoms with Crippen LogP contribution in [0.5, 0.6) is 0 Å². The number of benzene rings is 1. The second-order valence-corrected chi connectivity index (χ2v) is 5.68. The van der Waals surface area contributed by atoms with Crippen LogP contribution >= 0.6 is 0 Å². The van der Waals surface area contributed by atoms with Gasteiger partial charge in [-0.2, -0.15) is 5.26 Å². The highest BCUT2D eigenvalue weighted by molar-refractivity contribution is 5.68. The van der Waals surface area contributed by atoms with Crippen molar-refractivity contribution in [3.63, 3.8) is 0 Å². The first kappa shape index (κ1) is 14.5. The molecule has 5 heteroatoms. The molecule has 0 saturated carbocycles. The molecule has 2 N–H and O–H groups in total. The SMILES string of the molecule is N#Cc1cc(N)c(N2CCCCC2)n1Cc1cccc(F)c1. The second kappa shape index (κ2) is 6.10. The van der Waals surface area contributed by atoms with Crippen molar-refractivity contribution in [3.8, 4) is 6.07 Å². The number of nitrogen functional groups attached to an aromatic ring is 1. The maximum Gasteiger partial charge on any atom is 0.133 e. The largest absolute Gasteiger partial charge is 0.396 e. The summed E-state index contributed by atoms with van der Waals surface area (Å²) in [5.41, 5.74) is 8.11. The van der Waals surface area contributed by atoms with Crippen LogP contribution in [0, 0.1) is 17.1 Å². The maximum absolute atomic E-state index is 13.4. The molecular weight excluding hydrogens is 279 g/mol. The Morgan fingerprint density at radius 2 is 1.95 bits per heavy atom. The van der Waals surface area contributed by atoms with Crippen molar-refractivity contribution in [2.24, 2.45) is 0 Å². The van der Waals surface area contributed by atoms with Gasteiger partial charge in [-0.15, -0.1) is 0 Å². The van der Waals surface area contributed by atoms with Gasteiger partial charge in [0.25, 0.3) is 0 Å². The van der Waals surface area contributed by atoms with Crippen molar-refractivity contribution in [3.05, 3.63) is 47.4 Å². The fourth-order valence-electron chi connectivity index (χ4n) is 3.09. The smallest absolute Gasteiger partial charge is 0.133 e. The lowest BCUT2D eigenvalue weighted by molar-refractivity contribution is 0.563. The van der Waals surface area contributed by atoms with E-state index in [-0.39, 0.29) is 5.82 Å². The molecule has 1 saturated heterocycles. The number of aromatic nitrogens is 1. The Bertz CT molecular complexity index is 708. The molecule has 2 heterocycles. The molecule has 0 atom stereocenters. The van der Waals surface area contributed by atoms with Crippen LogP contribution in [0.15, 0.2) is 30.3 Å². The first-order chi connectivity index (χ1) is 10.7. The second-order valence-electron chi connectivity index (χ2n) is 5.68. The van der Waals surface area contributed by atoms with E-state index in [2.05, 4.69) is 11.0 Å². The monoisotopic (exact) mass is 298 g/mol. The maximum atomic E-state index is 13.4. The van der Waals surface area contributed by atoms with E-state index in [0.717, 1.165) is 37.3 Å². The van der Waals surface area contributed by atoms with Crippen molar-refractivity contribution in [2.75, 3.05) is 23.7 Å². The predicted molar refractivity (Wildman–Crippen MR) is 85.1 cm³/mol. The Kier molecular flexibility index (Phi) is 4.01. The van der Waals surface area contributed by atoms with Crippen molar-refractivity contribution in [2.45, 2.75) is 25.8 Å². The highest BCUT2D eigenvalue weighted by Crippen LogP contribution is 2.31. The van der Waals surface area contributed by atoms with Gasteiger partial charge in [0.15, 0.2) is 0 Å². The van der Waals surface area contributed by atoms with Crippen LogP contribution in [0.3, 0.4) is 0 Å². The molecule has 0 aliphatic carbocycles. The lowest BCUT2D eigenvalue weighted by atomic mass is 10.1. The Morgan fingerprint density at radius 3 is 2.64 bits per heavy atom. The fourth-order valence-corrected chi connectivity index (χ4v) is 3.09. The lowest BCUT2D eigenvalue weighted by Gasteiger charge is -2.30. The van der Waals surface area contributed by atoms with Crippen molar-refractivity contribution >= 4 is 11.5 Å². The molecule has 22 heavy (non-hydrogen) atoms. The Balaban J connectivity index is 1.99. The number of nitrogens with two attached hydrogens (primary N) is 1. The number of hydrogen-bond donors (Lipinski definition) is 1. The van der Waals surface area contributed by atoms with E-state index in [1.54, 1.807) is 12.1 Å². The van der Waals surface area contributed by atoms with Crippen molar-refractivity contribution in [1.82, 2.24) is 4.57 Å². The van der Waals surface area contributed by atoms with E-state index in [0.29, 0.717) is 17.9 Å². The molecule has 1 aromatic heterocycles. The van der Waals surface area contributed by atoms with Gasteiger partial charge in [0, 0.05) is 13.1 Å². The van der Waals surface area contributed by atoms with E-state index in [9.17, 15) is 9.65 Å². The van der Waals surface area contributed by atoms with E-state index in [1.165, 1.54) is 18.6 Å². The molecule has 2 aromatic rings. The number of hydrogen-bond acceptors (Lipinski definition) is 3. The number of anilines is 2. The molecule has 0 spiro atoms. The van der Waals surface area contributed by atoms with Crippen molar-refractivity contribution < 1.29 is 4.39 Å².